The number of nitrogens with zero attached hydrogens (tertiary/aromatic N) is 3. The van der Waals surface area contributed by atoms with Crippen LogP contribution in [0.4, 0.5) is 4.39 Å². The molecule has 31 heavy (non-hydrogen) atoms. The average molecular weight is 484 g/mol. The van der Waals surface area contributed by atoms with Gasteiger partial charge in [0.25, 0.3) is 5.91 Å². The second kappa shape index (κ2) is 9.05. The Morgan fingerprint density at radius 2 is 2.13 bits per heavy atom. The van der Waals surface area contributed by atoms with Gasteiger partial charge in [0.1, 0.15) is 5.82 Å². The summed E-state index contributed by atoms with van der Waals surface area (Å²) in [5, 5.41) is 0. The van der Waals surface area contributed by atoms with E-state index in [9.17, 15) is 9.18 Å². The lowest BCUT2D eigenvalue weighted by molar-refractivity contribution is 0.0823. The summed E-state index contributed by atoms with van der Waals surface area (Å²) in [6, 6.07) is 6.94. The van der Waals surface area contributed by atoms with Gasteiger partial charge in [0.05, 0.1) is 5.56 Å². The lowest BCUT2D eigenvalue weighted by atomic mass is 9.86. The molecule has 2 aromatic rings. The fourth-order valence-corrected chi connectivity index (χ4v) is 4.72. The predicted octanol–water partition coefficient (Wildman–Crippen LogP) is 5.05. The number of rotatable bonds is 4. The quantitative estimate of drug-likeness (QED) is 0.610. The molecule has 2 heterocycles. The molecule has 0 bridgehead atoms. The van der Waals surface area contributed by atoms with Crippen LogP contribution in [0.15, 0.2) is 46.6 Å². The number of halogens is 2. The van der Waals surface area contributed by atoms with E-state index in [1.165, 1.54) is 22.1 Å². The number of amides is 1. The standard InChI is InChI=1S/C25H27BrFN3O/c1-16-12-24-21(22(26)6-9-28-24)13-19(16)15-30-10-7-17(8-11-30)18-4-5-20(23(27)14-18)25(31)29(2)3/h4-7,9,13-14,16H,8,10-12,15H2,1-3H3/t16-/m0/s1. The molecule has 0 radical (unpaired) electrons. The van der Waals surface area contributed by atoms with E-state index < -0.39 is 5.82 Å². The van der Waals surface area contributed by atoms with Crippen molar-refractivity contribution in [2.75, 3.05) is 33.7 Å². The molecular formula is C25H27BrFN3O. The molecule has 0 unspecified atom stereocenters. The van der Waals surface area contributed by atoms with Gasteiger partial charge in [0, 0.05) is 55.7 Å². The van der Waals surface area contributed by atoms with Crippen LogP contribution in [0, 0.1) is 11.7 Å². The van der Waals surface area contributed by atoms with Crippen LogP contribution in [0.25, 0.3) is 11.6 Å². The monoisotopic (exact) mass is 483 g/mol. The molecule has 1 aromatic carbocycles. The topological polar surface area (TPSA) is 36.4 Å². The number of carbonyl (C=O) groups excluding carboxylic acids is 1. The fraction of sp³-hybridized carbons (Fsp3) is 0.360. The number of hydrogen-bond acceptors (Lipinski definition) is 3. The van der Waals surface area contributed by atoms with E-state index >= 15 is 0 Å². The van der Waals surface area contributed by atoms with Crippen molar-refractivity contribution in [2.45, 2.75) is 19.8 Å². The van der Waals surface area contributed by atoms with Crippen LogP contribution in [-0.2, 0) is 6.42 Å². The van der Waals surface area contributed by atoms with Crippen molar-refractivity contribution in [2.24, 2.45) is 5.92 Å². The van der Waals surface area contributed by atoms with Crippen LogP contribution in [0.3, 0.4) is 0 Å². The maximum Gasteiger partial charge on any atom is 0.256 e. The molecule has 1 amide bonds. The first-order valence-electron chi connectivity index (χ1n) is 10.6. The summed E-state index contributed by atoms with van der Waals surface area (Å²) in [4.78, 5) is 20.4. The maximum absolute atomic E-state index is 14.5. The zero-order chi connectivity index (χ0) is 22.1. The molecule has 6 heteroatoms. The van der Waals surface area contributed by atoms with E-state index in [4.69, 9.17) is 0 Å². The zero-order valence-corrected chi connectivity index (χ0v) is 19.7. The van der Waals surface area contributed by atoms with Crippen molar-refractivity contribution in [1.29, 1.82) is 0 Å². The lowest BCUT2D eigenvalue weighted by Crippen LogP contribution is -2.32. The first-order chi connectivity index (χ1) is 14.8. The second-order valence-corrected chi connectivity index (χ2v) is 9.44. The first kappa shape index (κ1) is 21.9. The predicted molar refractivity (Wildman–Crippen MR) is 126 cm³/mol. The molecule has 162 valence electrons. The number of fused-ring (bicyclic) bond motifs is 1. The summed E-state index contributed by atoms with van der Waals surface area (Å²) < 4.78 is 15.6. The van der Waals surface area contributed by atoms with E-state index in [-0.39, 0.29) is 11.5 Å². The molecule has 4 nitrogen and oxygen atoms in total. The van der Waals surface area contributed by atoms with E-state index in [2.05, 4.69) is 44.9 Å². The van der Waals surface area contributed by atoms with Crippen LogP contribution in [0.1, 0.15) is 40.5 Å². The molecule has 0 fully saturated rings. The molecule has 0 saturated carbocycles. The zero-order valence-electron chi connectivity index (χ0n) is 18.2. The summed E-state index contributed by atoms with van der Waals surface area (Å²) in [6.07, 6.45) is 8.16. The highest BCUT2D eigenvalue weighted by atomic mass is 79.9. The Balaban J connectivity index is 1.46. The number of hydrogen-bond donors (Lipinski definition) is 0. The van der Waals surface area contributed by atoms with Gasteiger partial charge in [-0.3, -0.25) is 14.7 Å². The minimum absolute atomic E-state index is 0.117. The third-order valence-corrected chi connectivity index (χ3v) is 6.85. The van der Waals surface area contributed by atoms with Crippen molar-refractivity contribution >= 4 is 33.5 Å². The van der Waals surface area contributed by atoms with Crippen LogP contribution in [-0.4, -0.2) is 54.4 Å². The Bertz CT molecular complexity index is 1080. The Kier molecular flexibility index (Phi) is 6.39. The van der Waals surface area contributed by atoms with Crippen LogP contribution in [0.2, 0.25) is 0 Å². The summed E-state index contributed by atoms with van der Waals surface area (Å²) in [5.41, 5.74) is 5.90. The molecule has 1 aromatic heterocycles. The molecule has 1 atom stereocenters. The molecule has 0 spiro atoms. The summed E-state index contributed by atoms with van der Waals surface area (Å²) in [6.45, 7) is 4.95. The minimum atomic E-state index is -0.460. The lowest BCUT2D eigenvalue weighted by Gasteiger charge is -2.31. The van der Waals surface area contributed by atoms with Crippen LogP contribution in [0.5, 0.6) is 0 Å². The van der Waals surface area contributed by atoms with Crippen molar-refractivity contribution in [3.63, 3.8) is 0 Å². The first-order valence-corrected chi connectivity index (χ1v) is 11.4. The highest BCUT2D eigenvalue weighted by Gasteiger charge is 2.23. The normalized spacial score (nSPS) is 18.8. The second-order valence-electron chi connectivity index (χ2n) is 8.59. The third-order valence-electron chi connectivity index (χ3n) is 6.16. The largest absolute Gasteiger partial charge is 0.345 e. The van der Waals surface area contributed by atoms with Crippen molar-refractivity contribution < 1.29 is 9.18 Å². The van der Waals surface area contributed by atoms with Gasteiger partial charge in [0.2, 0.25) is 0 Å². The van der Waals surface area contributed by atoms with Gasteiger partial charge in [0.15, 0.2) is 0 Å². The van der Waals surface area contributed by atoms with Gasteiger partial charge >= 0.3 is 0 Å². The van der Waals surface area contributed by atoms with E-state index in [1.807, 2.05) is 18.3 Å². The van der Waals surface area contributed by atoms with Gasteiger partial charge in [-0.2, -0.15) is 0 Å². The number of pyridine rings is 1. The van der Waals surface area contributed by atoms with Gasteiger partial charge in [-0.25, -0.2) is 4.39 Å². The van der Waals surface area contributed by atoms with E-state index in [0.29, 0.717) is 5.92 Å². The highest BCUT2D eigenvalue weighted by molar-refractivity contribution is 9.10. The van der Waals surface area contributed by atoms with Gasteiger partial charge in [-0.1, -0.05) is 46.6 Å². The van der Waals surface area contributed by atoms with Gasteiger partial charge in [-0.05, 0) is 48.1 Å². The molecule has 0 saturated heterocycles. The smallest absolute Gasteiger partial charge is 0.256 e. The molecule has 0 N–H and O–H groups in total. The van der Waals surface area contributed by atoms with Crippen molar-refractivity contribution in [3.05, 3.63) is 74.8 Å². The van der Waals surface area contributed by atoms with Gasteiger partial charge in [-0.15, -0.1) is 0 Å². The fourth-order valence-electron chi connectivity index (χ4n) is 4.26. The Labute approximate surface area is 191 Å². The van der Waals surface area contributed by atoms with Crippen LogP contribution < -0.4 is 0 Å². The molecule has 1 aliphatic carbocycles. The molecule has 4 rings (SSSR count). The summed E-state index contributed by atoms with van der Waals surface area (Å²) >= 11 is 3.65. The van der Waals surface area contributed by atoms with Crippen LogP contribution >= 0.6 is 15.9 Å². The number of aromatic nitrogens is 1. The minimum Gasteiger partial charge on any atom is -0.345 e. The average Bonchev–Trinajstić information content (AvgIpc) is 2.75. The maximum atomic E-state index is 14.5. The Morgan fingerprint density at radius 3 is 2.81 bits per heavy atom. The van der Waals surface area contributed by atoms with E-state index in [0.717, 1.165) is 53.8 Å². The number of carbonyl (C=O) groups is 1. The number of benzene rings is 1. The van der Waals surface area contributed by atoms with Crippen molar-refractivity contribution in [1.82, 2.24) is 14.8 Å². The Hall–Kier alpha value is -2.31. The van der Waals surface area contributed by atoms with E-state index in [1.54, 1.807) is 20.2 Å². The molecule has 2 aliphatic rings. The van der Waals surface area contributed by atoms with Crippen molar-refractivity contribution in [3.8, 4) is 0 Å². The summed E-state index contributed by atoms with van der Waals surface area (Å²) in [5.74, 6) is -0.305. The Morgan fingerprint density at radius 1 is 1.32 bits per heavy atom. The molecule has 1 aliphatic heterocycles. The molecular weight excluding hydrogens is 457 g/mol. The summed E-state index contributed by atoms with van der Waals surface area (Å²) in [7, 11) is 3.26. The third kappa shape index (κ3) is 4.65. The van der Waals surface area contributed by atoms with Gasteiger partial charge < -0.3 is 4.90 Å². The SMILES string of the molecule is C[C@H]1Cc2nccc(Br)c2C=C1CN1CC=C(c2ccc(C(=O)N(C)C)c(F)c2)CC1. The highest BCUT2D eigenvalue weighted by Crippen LogP contribution is 2.33.